The standard InChI is InChI=1S/C49H31NS2/c1-4-16-32(17-5-1)49(33-18-6-2-7-19-33)39-25-12-10-22-37(39)45-40(49)26-15-27-41(45)50(34-20-8-3-9-21-34)42-28-14-24-35-36-30-31-44-46(48(36)52-47(35)42)38-23-11-13-29-43(38)51-44/h1-31H. The highest BCUT2D eigenvalue weighted by molar-refractivity contribution is 7.30. The molecule has 3 heteroatoms. The van der Waals surface area contributed by atoms with Crippen LogP contribution >= 0.6 is 22.7 Å². The minimum Gasteiger partial charge on any atom is -0.308 e. The van der Waals surface area contributed by atoms with E-state index in [1.165, 1.54) is 85.1 Å². The van der Waals surface area contributed by atoms with Gasteiger partial charge in [-0.25, -0.2) is 0 Å². The first-order valence-electron chi connectivity index (χ1n) is 17.8. The normalized spacial score (nSPS) is 13.2. The molecule has 1 aliphatic carbocycles. The number of nitrogens with zero attached hydrogens (tertiary/aromatic N) is 1. The lowest BCUT2D eigenvalue weighted by Crippen LogP contribution is -2.28. The quantitative estimate of drug-likeness (QED) is 0.173. The third-order valence-corrected chi connectivity index (χ3v) is 13.3. The summed E-state index contributed by atoms with van der Waals surface area (Å²) in [6, 6.07) is 69.5. The van der Waals surface area contributed by atoms with E-state index in [9.17, 15) is 0 Å². The van der Waals surface area contributed by atoms with Crippen LogP contribution in [-0.4, -0.2) is 0 Å². The molecule has 10 aromatic rings. The van der Waals surface area contributed by atoms with Crippen LogP contribution in [0.15, 0.2) is 188 Å². The summed E-state index contributed by atoms with van der Waals surface area (Å²) in [5.74, 6) is 0. The van der Waals surface area contributed by atoms with Crippen molar-refractivity contribution in [2.24, 2.45) is 0 Å². The van der Waals surface area contributed by atoms with Gasteiger partial charge in [-0.2, -0.15) is 0 Å². The Kier molecular flexibility index (Phi) is 6.57. The molecule has 1 nitrogen and oxygen atoms in total. The van der Waals surface area contributed by atoms with E-state index in [0.29, 0.717) is 0 Å². The first-order chi connectivity index (χ1) is 25.8. The van der Waals surface area contributed by atoms with Gasteiger partial charge in [0.2, 0.25) is 0 Å². The van der Waals surface area contributed by atoms with Crippen molar-refractivity contribution < 1.29 is 0 Å². The van der Waals surface area contributed by atoms with E-state index in [0.717, 1.165) is 5.69 Å². The minimum absolute atomic E-state index is 0.470. The lowest BCUT2D eigenvalue weighted by Gasteiger charge is -2.34. The summed E-state index contributed by atoms with van der Waals surface area (Å²) < 4.78 is 5.34. The molecule has 2 aromatic heterocycles. The molecule has 0 saturated carbocycles. The van der Waals surface area contributed by atoms with Crippen LogP contribution in [0, 0.1) is 0 Å². The average Bonchev–Trinajstić information content (AvgIpc) is 3.88. The van der Waals surface area contributed by atoms with Crippen molar-refractivity contribution in [3.05, 3.63) is 210 Å². The van der Waals surface area contributed by atoms with Crippen LogP contribution in [0.2, 0.25) is 0 Å². The Hall–Kier alpha value is -6.00. The van der Waals surface area contributed by atoms with Crippen molar-refractivity contribution in [1.82, 2.24) is 0 Å². The smallest absolute Gasteiger partial charge is 0.0714 e. The van der Waals surface area contributed by atoms with Gasteiger partial charge < -0.3 is 4.90 Å². The van der Waals surface area contributed by atoms with Gasteiger partial charge in [0.1, 0.15) is 0 Å². The van der Waals surface area contributed by atoms with Crippen LogP contribution < -0.4 is 4.90 Å². The topological polar surface area (TPSA) is 3.24 Å². The molecule has 0 saturated heterocycles. The van der Waals surface area contributed by atoms with E-state index < -0.39 is 5.41 Å². The van der Waals surface area contributed by atoms with Crippen LogP contribution in [0.4, 0.5) is 17.1 Å². The maximum absolute atomic E-state index is 2.52. The van der Waals surface area contributed by atoms with Gasteiger partial charge >= 0.3 is 0 Å². The Bertz CT molecular complexity index is 2920. The Balaban J connectivity index is 1.24. The van der Waals surface area contributed by atoms with Crippen molar-refractivity contribution in [2.45, 2.75) is 5.41 Å². The summed E-state index contributed by atoms with van der Waals surface area (Å²) in [5, 5.41) is 5.34. The van der Waals surface area contributed by atoms with Gasteiger partial charge in [0, 0.05) is 46.9 Å². The Morgan fingerprint density at radius 1 is 0.385 bits per heavy atom. The van der Waals surface area contributed by atoms with Gasteiger partial charge in [-0.3, -0.25) is 0 Å². The van der Waals surface area contributed by atoms with Crippen LogP contribution in [0.3, 0.4) is 0 Å². The minimum atomic E-state index is -0.470. The predicted octanol–water partition coefficient (Wildman–Crippen LogP) is 14.3. The second-order valence-corrected chi connectivity index (χ2v) is 15.7. The molecule has 8 aromatic carbocycles. The highest BCUT2D eigenvalue weighted by atomic mass is 32.1. The van der Waals surface area contributed by atoms with Crippen molar-refractivity contribution in [3.63, 3.8) is 0 Å². The van der Waals surface area contributed by atoms with E-state index >= 15 is 0 Å². The van der Waals surface area contributed by atoms with Gasteiger partial charge in [-0.15, -0.1) is 22.7 Å². The average molecular weight is 698 g/mol. The van der Waals surface area contributed by atoms with Gasteiger partial charge in [0.25, 0.3) is 0 Å². The molecule has 244 valence electrons. The molecule has 0 radical (unpaired) electrons. The number of hydrogen-bond donors (Lipinski definition) is 0. The van der Waals surface area contributed by atoms with Crippen LogP contribution in [0.1, 0.15) is 22.3 Å². The van der Waals surface area contributed by atoms with Crippen molar-refractivity contribution >= 4 is 80.1 Å². The van der Waals surface area contributed by atoms with Gasteiger partial charge in [0.05, 0.1) is 21.5 Å². The number of benzene rings is 8. The van der Waals surface area contributed by atoms with Gasteiger partial charge in [-0.1, -0.05) is 152 Å². The highest BCUT2D eigenvalue weighted by Gasteiger charge is 2.47. The summed E-state index contributed by atoms with van der Waals surface area (Å²) in [6.07, 6.45) is 0. The summed E-state index contributed by atoms with van der Waals surface area (Å²) in [5.41, 5.74) is 10.8. The maximum Gasteiger partial charge on any atom is 0.0714 e. The highest BCUT2D eigenvalue weighted by Crippen LogP contribution is 2.60. The molecule has 0 spiro atoms. The summed E-state index contributed by atoms with van der Waals surface area (Å²) in [4.78, 5) is 2.52. The fraction of sp³-hybridized carbons (Fsp3) is 0.0204. The van der Waals surface area contributed by atoms with Crippen LogP contribution in [0.25, 0.3) is 51.5 Å². The molecule has 0 amide bonds. The number of anilines is 3. The number of thiophene rings is 2. The molecular weight excluding hydrogens is 667 g/mol. The first kappa shape index (κ1) is 29.7. The Morgan fingerprint density at radius 3 is 1.77 bits per heavy atom. The third kappa shape index (κ3) is 4.09. The van der Waals surface area contributed by atoms with Gasteiger partial charge in [0.15, 0.2) is 0 Å². The van der Waals surface area contributed by atoms with E-state index in [1.807, 2.05) is 22.7 Å². The first-order valence-corrected chi connectivity index (χ1v) is 19.4. The zero-order valence-corrected chi connectivity index (χ0v) is 29.8. The summed E-state index contributed by atoms with van der Waals surface area (Å²) >= 11 is 3.82. The molecule has 0 fully saturated rings. The summed E-state index contributed by atoms with van der Waals surface area (Å²) in [7, 11) is 0. The van der Waals surface area contributed by atoms with E-state index in [1.54, 1.807) is 0 Å². The van der Waals surface area contributed by atoms with Crippen LogP contribution in [-0.2, 0) is 5.41 Å². The van der Waals surface area contributed by atoms with Crippen molar-refractivity contribution in [2.75, 3.05) is 4.90 Å². The molecule has 11 rings (SSSR count). The van der Waals surface area contributed by atoms with Gasteiger partial charge in [-0.05, 0) is 64.2 Å². The summed E-state index contributed by atoms with van der Waals surface area (Å²) in [6.45, 7) is 0. The zero-order chi connectivity index (χ0) is 34.2. The molecule has 1 aliphatic rings. The second kappa shape index (κ2) is 11.5. The molecule has 0 unspecified atom stereocenters. The molecule has 0 N–H and O–H groups in total. The molecular formula is C49H31NS2. The SMILES string of the molecule is c1ccc(N(c2cccc3c2-c2ccccc2C3(c2ccccc2)c2ccccc2)c2cccc3c2sc2c3ccc3sc4ccccc4c32)cc1. The Morgan fingerprint density at radius 2 is 0.981 bits per heavy atom. The van der Waals surface area contributed by atoms with Crippen molar-refractivity contribution in [1.29, 1.82) is 0 Å². The molecule has 0 bridgehead atoms. The Labute approximate surface area is 310 Å². The van der Waals surface area contributed by atoms with E-state index in [4.69, 9.17) is 0 Å². The fourth-order valence-electron chi connectivity index (χ4n) is 8.87. The maximum atomic E-state index is 2.52. The number of hydrogen-bond acceptors (Lipinski definition) is 3. The van der Waals surface area contributed by atoms with E-state index in [2.05, 4.69) is 193 Å². The molecule has 0 atom stereocenters. The number of para-hydroxylation sites is 1. The number of fused-ring (bicyclic) bond motifs is 10. The van der Waals surface area contributed by atoms with Crippen molar-refractivity contribution in [3.8, 4) is 11.1 Å². The molecule has 52 heavy (non-hydrogen) atoms. The van der Waals surface area contributed by atoms with Crippen LogP contribution in [0.5, 0.6) is 0 Å². The predicted molar refractivity (Wildman–Crippen MR) is 224 cm³/mol. The largest absolute Gasteiger partial charge is 0.308 e. The third-order valence-electron chi connectivity index (χ3n) is 10.9. The lowest BCUT2D eigenvalue weighted by atomic mass is 9.68. The second-order valence-electron chi connectivity index (χ2n) is 13.6. The molecule has 0 aliphatic heterocycles. The number of rotatable bonds is 5. The van der Waals surface area contributed by atoms with E-state index in [-0.39, 0.29) is 0 Å². The fourth-order valence-corrected chi connectivity index (χ4v) is 11.4. The molecule has 2 heterocycles. The monoisotopic (exact) mass is 697 g/mol. The lowest BCUT2D eigenvalue weighted by molar-refractivity contribution is 0.768. The zero-order valence-electron chi connectivity index (χ0n) is 28.2.